The predicted molar refractivity (Wildman–Crippen MR) is 136 cm³/mol. The molecule has 0 spiro atoms. The molecule has 0 bridgehead atoms. The second-order valence-corrected chi connectivity index (χ2v) is 9.11. The van der Waals surface area contributed by atoms with E-state index in [1.165, 1.54) is 50.1 Å². The standard InChI is InChI=1S/C24H21F3N10O4/c1-11-7-14(8-29-18(11)24(25,26)27)19-28-6-5-15(32-19)33-21(38)12(2)37-10-30-20-17(37)22(39)36(23(40)35(20)4)9-16-31-13(3)34-41-16/h5-8,10,12H,9H2,1-4H3,(H,28,32,33,38)/t12-/m0/s1. The van der Waals surface area contributed by atoms with E-state index in [2.05, 4.69) is 35.4 Å². The highest BCUT2D eigenvalue weighted by molar-refractivity contribution is 5.93. The smallest absolute Gasteiger partial charge is 0.337 e. The number of fused-ring (bicyclic) bond motifs is 1. The lowest BCUT2D eigenvalue weighted by atomic mass is 10.1. The number of imidazole rings is 1. The number of hydrogen-bond acceptors (Lipinski definition) is 10. The van der Waals surface area contributed by atoms with Gasteiger partial charge >= 0.3 is 11.9 Å². The summed E-state index contributed by atoms with van der Waals surface area (Å²) in [5.41, 5.74) is -2.24. The number of aromatic nitrogens is 9. The van der Waals surface area contributed by atoms with Gasteiger partial charge in [-0.2, -0.15) is 18.2 Å². The number of nitrogens with one attached hydrogen (secondary N) is 1. The Morgan fingerprint density at radius 3 is 2.56 bits per heavy atom. The van der Waals surface area contributed by atoms with Crippen molar-refractivity contribution in [3.05, 3.63) is 74.7 Å². The molecule has 5 aromatic rings. The lowest BCUT2D eigenvalue weighted by molar-refractivity contribution is -0.141. The van der Waals surface area contributed by atoms with Gasteiger partial charge in [0.05, 0.1) is 6.33 Å². The highest BCUT2D eigenvalue weighted by atomic mass is 19.4. The third-order valence-corrected chi connectivity index (χ3v) is 6.23. The minimum atomic E-state index is -4.60. The Balaban J connectivity index is 1.44. The van der Waals surface area contributed by atoms with Crippen molar-refractivity contribution in [1.29, 1.82) is 0 Å². The van der Waals surface area contributed by atoms with Gasteiger partial charge < -0.3 is 14.4 Å². The van der Waals surface area contributed by atoms with Gasteiger partial charge in [-0.25, -0.2) is 24.3 Å². The lowest BCUT2D eigenvalue weighted by Gasteiger charge is -2.15. The molecule has 17 heteroatoms. The molecule has 212 valence electrons. The van der Waals surface area contributed by atoms with Crippen LogP contribution in [-0.4, -0.2) is 49.7 Å². The number of alkyl halides is 3. The molecule has 5 rings (SSSR count). The minimum Gasteiger partial charge on any atom is -0.337 e. The average Bonchev–Trinajstić information content (AvgIpc) is 3.55. The van der Waals surface area contributed by atoms with Crippen LogP contribution in [0.25, 0.3) is 22.6 Å². The molecule has 0 unspecified atom stereocenters. The van der Waals surface area contributed by atoms with E-state index in [9.17, 15) is 27.6 Å². The Morgan fingerprint density at radius 1 is 1.15 bits per heavy atom. The molecule has 0 aliphatic heterocycles. The summed E-state index contributed by atoms with van der Waals surface area (Å²) in [5.74, 6) is -0.106. The van der Waals surface area contributed by atoms with E-state index < -0.39 is 35.1 Å². The Kier molecular flexibility index (Phi) is 6.72. The van der Waals surface area contributed by atoms with Gasteiger partial charge in [0.25, 0.3) is 5.56 Å². The molecule has 5 aromatic heterocycles. The average molecular weight is 570 g/mol. The van der Waals surface area contributed by atoms with Crippen molar-refractivity contribution in [2.24, 2.45) is 7.05 Å². The molecule has 1 amide bonds. The summed E-state index contributed by atoms with van der Waals surface area (Å²) in [7, 11) is 1.43. The summed E-state index contributed by atoms with van der Waals surface area (Å²) in [6, 6.07) is 1.65. The number of carbonyl (C=O) groups excluding carboxylic acids is 1. The predicted octanol–water partition coefficient (Wildman–Crippen LogP) is 2.02. The zero-order valence-corrected chi connectivity index (χ0v) is 22.0. The normalized spacial score (nSPS) is 12.6. The molecular formula is C24H21F3N10O4. The Labute approximate surface area is 227 Å². The summed E-state index contributed by atoms with van der Waals surface area (Å²) in [5, 5.41) is 6.27. The first-order chi connectivity index (χ1) is 19.3. The molecule has 41 heavy (non-hydrogen) atoms. The van der Waals surface area contributed by atoms with Gasteiger partial charge in [0, 0.05) is 25.0 Å². The molecule has 1 N–H and O–H groups in total. The summed E-state index contributed by atoms with van der Waals surface area (Å²) in [4.78, 5) is 59.4. The number of pyridine rings is 1. The summed E-state index contributed by atoms with van der Waals surface area (Å²) in [6.07, 6.45) is -1.01. The zero-order chi connectivity index (χ0) is 29.6. The van der Waals surface area contributed by atoms with Crippen LogP contribution in [0.2, 0.25) is 0 Å². The first-order valence-corrected chi connectivity index (χ1v) is 12.0. The van der Waals surface area contributed by atoms with Crippen LogP contribution in [0, 0.1) is 13.8 Å². The van der Waals surface area contributed by atoms with Crippen molar-refractivity contribution in [1.82, 2.24) is 43.8 Å². The van der Waals surface area contributed by atoms with Crippen molar-refractivity contribution in [3.8, 4) is 11.4 Å². The first kappa shape index (κ1) is 27.4. The summed E-state index contributed by atoms with van der Waals surface area (Å²) < 4.78 is 47.6. The number of halogens is 3. The van der Waals surface area contributed by atoms with Crippen molar-refractivity contribution in [2.45, 2.75) is 39.5 Å². The minimum absolute atomic E-state index is 0.0133. The van der Waals surface area contributed by atoms with Crippen LogP contribution in [-0.2, 0) is 24.6 Å². The Hall–Kier alpha value is -5.22. The maximum absolute atomic E-state index is 13.4. The van der Waals surface area contributed by atoms with E-state index in [4.69, 9.17) is 4.52 Å². The van der Waals surface area contributed by atoms with Crippen molar-refractivity contribution in [3.63, 3.8) is 0 Å². The SMILES string of the molecule is Cc1noc(Cn2c(=O)c3c(ncn3[C@@H](C)C(=O)Nc3ccnc(-c4cnc(C(F)(F)F)c(C)c4)n3)n(C)c2=O)n1. The lowest BCUT2D eigenvalue weighted by Crippen LogP contribution is -2.40. The van der Waals surface area contributed by atoms with Crippen LogP contribution in [0.4, 0.5) is 19.0 Å². The number of aryl methyl sites for hydroxylation is 3. The van der Waals surface area contributed by atoms with Gasteiger partial charge in [-0.1, -0.05) is 5.16 Å². The number of hydrogen-bond donors (Lipinski definition) is 1. The van der Waals surface area contributed by atoms with Crippen LogP contribution < -0.4 is 16.6 Å². The van der Waals surface area contributed by atoms with E-state index in [0.717, 1.165) is 15.3 Å². The van der Waals surface area contributed by atoms with Crippen LogP contribution in [0.15, 0.2) is 45.0 Å². The molecule has 1 atom stereocenters. The van der Waals surface area contributed by atoms with Gasteiger partial charge in [-0.3, -0.25) is 19.1 Å². The maximum Gasteiger partial charge on any atom is 0.433 e. The number of nitrogens with zero attached hydrogens (tertiary/aromatic N) is 9. The van der Waals surface area contributed by atoms with Crippen molar-refractivity contribution in [2.75, 3.05) is 5.32 Å². The second-order valence-electron chi connectivity index (χ2n) is 9.11. The number of amides is 1. The third-order valence-electron chi connectivity index (χ3n) is 6.23. The molecule has 0 fully saturated rings. The summed E-state index contributed by atoms with van der Waals surface area (Å²) in [6.45, 7) is 4.09. The van der Waals surface area contributed by atoms with Crippen molar-refractivity contribution < 1.29 is 22.5 Å². The molecular weight excluding hydrogens is 549 g/mol. The number of carbonyl (C=O) groups is 1. The first-order valence-electron chi connectivity index (χ1n) is 12.0. The van der Waals surface area contributed by atoms with Crippen LogP contribution >= 0.6 is 0 Å². The summed E-state index contributed by atoms with van der Waals surface area (Å²) >= 11 is 0. The number of rotatable bonds is 6. The Morgan fingerprint density at radius 2 is 1.90 bits per heavy atom. The molecule has 0 radical (unpaired) electrons. The highest BCUT2D eigenvalue weighted by Gasteiger charge is 2.34. The Bertz CT molecular complexity index is 1920. The largest absolute Gasteiger partial charge is 0.433 e. The topological polar surface area (TPSA) is 169 Å². The van der Waals surface area contributed by atoms with Gasteiger partial charge in [0.2, 0.25) is 11.8 Å². The van der Waals surface area contributed by atoms with Gasteiger partial charge in [0.15, 0.2) is 22.8 Å². The van der Waals surface area contributed by atoms with E-state index in [1.807, 2.05) is 0 Å². The third kappa shape index (κ3) is 5.08. The van der Waals surface area contributed by atoms with Crippen molar-refractivity contribution >= 4 is 22.9 Å². The highest BCUT2D eigenvalue weighted by Crippen LogP contribution is 2.31. The molecule has 5 heterocycles. The fraction of sp³-hybridized carbons (Fsp3) is 0.292. The quantitative estimate of drug-likeness (QED) is 0.319. The molecule has 0 aliphatic rings. The van der Waals surface area contributed by atoms with Crippen LogP contribution in [0.3, 0.4) is 0 Å². The number of anilines is 1. The monoisotopic (exact) mass is 570 g/mol. The molecule has 0 saturated heterocycles. The fourth-order valence-electron chi connectivity index (χ4n) is 4.18. The molecule has 0 aliphatic carbocycles. The van der Waals surface area contributed by atoms with E-state index in [0.29, 0.717) is 5.82 Å². The zero-order valence-electron chi connectivity index (χ0n) is 22.0. The van der Waals surface area contributed by atoms with Crippen LogP contribution in [0.5, 0.6) is 0 Å². The van der Waals surface area contributed by atoms with E-state index in [1.54, 1.807) is 6.92 Å². The van der Waals surface area contributed by atoms with Gasteiger partial charge in [-0.15, -0.1) is 0 Å². The molecule has 14 nitrogen and oxygen atoms in total. The molecule has 0 aromatic carbocycles. The van der Waals surface area contributed by atoms with Crippen LogP contribution in [0.1, 0.15) is 35.9 Å². The van der Waals surface area contributed by atoms with E-state index >= 15 is 0 Å². The molecule has 0 saturated carbocycles. The van der Waals surface area contributed by atoms with Gasteiger partial charge in [0.1, 0.15) is 24.1 Å². The fourth-order valence-corrected chi connectivity index (χ4v) is 4.18. The van der Waals surface area contributed by atoms with E-state index in [-0.39, 0.29) is 46.4 Å². The van der Waals surface area contributed by atoms with Gasteiger partial charge in [-0.05, 0) is 38.5 Å². The second kappa shape index (κ2) is 10.1. The maximum atomic E-state index is 13.4.